The number of hydrogen-bond acceptors (Lipinski definition) is 6. The van der Waals surface area contributed by atoms with E-state index in [9.17, 15) is 14.0 Å². The van der Waals surface area contributed by atoms with Gasteiger partial charge in [-0.3, -0.25) is 4.98 Å². The highest BCUT2D eigenvalue weighted by atomic mass is 19.1. The molecule has 2 heterocycles. The standard InChI is InChI=1S/C27H25FN2O6/c28-21-3-1-2-20(14-21)18-34-22-5-7-23(8-6-22)35-24-10-12-30(13-11-24)27(33)36-25-15-19(16-29-17-25)4-9-26(31)32/h1-9,14-17,24H,10-13,18H2,(H,31,32)/b9-4+. The van der Waals surface area contributed by atoms with E-state index < -0.39 is 12.1 Å². The Balaban J connectivity index is 1.22. The minimum atomic E-state index is -1.08. The molecule has 0 saturated carbocycles. The number of carboxylic acids is 1. The average molecular weight is 493 g/mol. The number of aromatic nitrogens is 1. The quantitative estimate of drug-likeness (QED) is 0.445. The molecular weight excluding hydrogens is 467 g/mol. The molecule has 1 fully saturated rings. The highest BCUT2D eigenvalue weighted by molar-refractivity contribution is 5.85. The van der Waals surface area contributed by atoms with Crippen LogP contribution in [0.2, 0.25) is 0 Å². The van der Waals surface area contributed by atoms with Crippen molar-refractivity contribution < 1.29 is 33.3 Å². The predicted octanol–water partition coefficient (Wildman–Crippen LogP) is 4.94. The highest BCUT2D eigenvalue weighted by Gasteiger charge is 2.25. The van der Waals surface area contributed by atoms with Crippen LogP contribution >= 0.6 is 0 Å². The number of amides is 1. The lowest BCUT2D eigenvalue weighted by Gasteiger charge is -2.31. The van der Waals surface area contributed by atoms with E-state index in [4.69, 9.17) is 19.3 Å². The fourth-order valence-electron chi connectivity index (χ4n) is 3.67. The van der Waals surface area contributed by atoms with E-state index >= 15 is 0 Å². The number of ether oxygens (including phenoxy) is 3. The van der Waals surface area contributed by atoms with Crippen molar-refractivity contribution in [3.63, 3.8) is 0 Å². The van der Waals surface area contributed by atoms with Gasteiger partial charge in [0.25, 0.3) is 0 Å². The normalized spacial score (nSPS) is 14.0. The van der Waals surface area contributed by atoms with E-state index in [-0.39, 0.29) is 24.3 Å². The molecule has 1 aromatic heterocycles. The molecular formula is C27H25FN2O6. The van der Waals surface area contributed by atoms with Crippen molar-refractivity contribution in [1.82, 2.24) is 9.88 Å². The number of likely N-dealkylation sites (tertiary alicyclic amines) is 1. The molecule has 1 aliphatic heterocycles. The number of hydrogen-bond donors (Lipinski definition) is 1. The lowest BCUT2D eigenvalue weighted by atomic mass is 10.1. The summed E-state index contributed by atoms with van der Waals surface area (Å²) in [4.78, 5) is 28.7. The van der Waals surface area contributed by atoms with Gasteiger partial charge in [-0.25, -0.2) is 14.0 Å². The number of rotatable bonds is 8. The van der Waals surface area contributed by atoms with Crippen molar-refractivity contribution in [2.75, 3.05) is 13.1 Å². The number of carboxylic acid groups (broad SMARTS) is 1. The summed E-state index contributed by atoms with van der Waals surface area (Å²) in [6, 6.07) is 15.1. The topological polar surface area (TPSA) is 98.2 Å². The van der Waals surface area contributed by atoms with Crippen molar-refractivity contribution in [3.8, 4) is 17.2 Å². The predicted molar refractivity (Wildman–Crippen MR) is 129 cm³/mol. The summed E-state index contributed by atoms with van der Waals surface area (Å²) in [5, 5.41) is 8.73. The van der Waals surface area contributed by atoms with Crippen LogP contribution in [0.25, 0.3) is 6.08 Å². The first-order chi connectivity index (χ1) is 17.4. The van der Waals surface area contributed by atoms with Gasteiger partial charge < -0.3 is 24.2 Å². The number of pyridine rings is 1. The summed E-state index contributed by atoms with van der Waals surface area (Å²) in [7, 11) is 0. The summed E-state index contributed by atoms with van der Waals surface area (Å²) in [5.74, 6) is 0.224. The monoisotopic (exact) mass is 492 g/mol. The minimum Gasteiger partial charge on any atom is -0.490 e. The Morgan fingerprint density at radius 1 is 1.03 bits per heavy atom. The number of piperidine rings is 1. The molecule has 1 saturated heterocycles. The Bertz CT molecular complexity index is 1220. The van der Waals surface area contributed by atoms with Gasteiger partial charge >= 0.3 is 12.1 Å². The Labute approximate surface area is 207 Å². The third-order valence-corrected chi connectivity index (χ3v) is 5.48. The zero-order chi connectivity index (χ0) is 25.3. The Morgan fingerprint density at radius 3 is 2.50 bits per heavy atom. The SMILES string of the molecule is O=C(O)/C=C/c1cncc(OC(=O)N2CCC(Oc3ccc(OCc4cccc(F)c4)cc3)CC2)c1. The van der Waals surface area contributed by atoms with Gasteiger partial charge in [-0.1, -0.05) is 12.1 Å². The van der Waals surface area contributed by atoms with Crippen LogP contribution in [0.1, 0.15) is 24.0 Å². The molecule has 1 N–H and O–H groups in total. The van der Waals surface area contributed by atoms with Crippen molar-refractivity contribution in [2.45, 2.75) is 25.6 Å². The molecule has 0 atom stereocenters. The van der Waals surface area contributed by atoms with E-state index in [1.165, 1.54) is 30.6 Å². The molecule has 4 rings (SSSR count). The number of carbonyl (C=O) groups is 2. The summed E-state index contributed by atoms with van der Waals surface area (Å²) >= 11 is 0. The van der Waals surface area contributed by atoms with Gasteiger partial charge in [-0.2, -0.15) is 0 Å². The number of nitrogens with zero attached hydrogens (tertiary/aromatic N) is 2. The Hall–Kier alpha value is -4.40. The van der Waals surface area contributed by atoms with Gasteiger partial charge in [0, 0.05) is 38.2 Å². The minimum absolute atomic E-state index is 0.0423. The van der Waals surface area contributed by atoms with Crippen molar-refractivity contribution in [1.29, 1.82) is 0 Å². The lowest BCUT2D eigenvalue weighted by Crippen LogP contribution is -2.43. The second-order valence-corrected chi connectivity index (χ2v) is 8.19. The van der Waals surface area contributed by atoms with Crippen LogP contribution in [0.5, 0.6) is 17.2 Å². The van der Waals surface area contributed by atoms with Gasteiger partial charge in [0.2, 0.25) is 0 Å². The Morgan fingerprint density at radius 2 is 1.78 bits per heavy atom. The molecule has 0 aliphatic carbocycles. The second-order valence-electron chi connectivity index (χ2n) is 8.19. The van der Waals surface area contributed by atoms with Crippen molar-refractivity contribution in [3.05, 3.63) is 90.0 Å². The highest BCUT2D eigenvalue weighted by Crippen LogP contribution is 2.23. The summed E-state index contributed by atoms with van der Waals surface area (Å²) in [6.07, 6.45) is 5.99. The molecule has 3 aromatic rings. The first-order valence-electron chi connectivity index (χ1n) is 11.4. The molecule has 0 bridgehead atoms. The number of benzene rings is 2. The van der Waals surface area contributed by atoms with Gasteiger partial charge in [-0.15, -0.1) is 0 Å². The number of aliphatic carboxylic acids is 1. The van der Waals surface area contributed by atoms with Crippen molar-refractivity contribution >= 4 is 18.1 Å². The van der Waals surface area contributed by atoms with Gasteiger partial charge in [0.15, 0.2) is 5.75 Å². The van der Waals surface area contributed by atoms with Crippen LogP contribution in [0.15, 0.2) is 73.1 Å². The summed E-state index contributed by atoms with van der Waals surface area (Å²) < 4.78 is 30.4. The fraction of sp³-hybridized carbons (Fsp3) is 0.222. The third kappa shape index (κ3) is 7.30. The van der Waals surface area contributed by atoms with Crippen molar-refractivity contribution in [2.24, 2.45) is 0 Å². The molecule has 186 valence electrons. The largest absolute Gasteiger partial charge is 0.490 e. The van der Waals surface area contributed by atoms with E-state index in [0.29, 0.717) is 43.0 Å². The molecule has 9 heteroatoms. The maximum atomic E-state index is 13.3. The van der Waals surface area contributed by atoms with Crippen LogP contribution < -0.4 is 14.2 Å². The van der Waals surface area contributed by atoms with E-state index in [0.717, 1.165) is 11.6 Å². The molecule has 0 radical (unpaired) electrons. The van der Waals surface area contributed by atoms with E-state index in [1.807, 2.05) is 12.1 Å². The third-order valence-electron chi connectivity index (χ3n) is 5.48. The second kappa shape index (κ2) is 11.8. The smallest absolute Gasteiger partial charge is 0.415 e. The van der Waals surface area contributed by atoms with Gasteiger partial charge in [0.1, 0.15) is 30.0 Å². The summed E-state index contributed by atoms with van der Waals surface area (Å²) in [6.45, 7) is 1.22. The lowest BCUT2D eigenvalue weighted by molar-refractivity contribution is -0.131. The van der Waals surface area contributed by atoms with Gasteiger partial charge in [0.05, 0.1) is 6.20 Å². The first-order valence-corrected chi connectivity index (χ1v) is 11.4. The van der Waals surface area contributed by atoms with Crippen LogP contribution in [-0.4, -0.2) is 46.2 Å². The maximum Gasteiger partial charge on any atom is 0.415 e. The number of halogens is 1. The maximum absolute atomic E-state index is 13.3. The van der Waals surface area contributed by atoms with Crippen LogP contribution in [0.4, 0.5) is 9.18 Å². The first kappa shape index (κ1) is 24.7. The molecule has 1 amide bonds. The molecule has 1 aliphatic rings. The van der Waals surface area contributed by atoms with Gasteiger partial charge in [-0.05, 0) is 59.7 Å². The van der Waals surface area contributed by atoms with Crippen LogP contribution in [-0.2, 0) is 11.4 Å². The fourth-order valence-corrected chi connectivity index (χ4v) is 3.67. The van der Waals surface area contributed by atoms with Crippen LogP contribution in [0, 0.1) is 5.82 Å². The molecule has 2 aromatic carbocycles. The molecule has 0 spiro atoms. The molecule has 8 nitrogen and oxygen atoms in total. The van der Waals surface area contributed by atoms with E-state index in [1.54, 1.807) is 35.2 Å². The average Bonchev–Trinajstić information content (AvgIpc) is 2.88. The summed E-state index contributed by atoms with van der Waals surface area (Å²) in [5.41, 5.74) is 1.26. The van der Waals surface area contributed by atoms with Crippen LogP contribution in [0.3, 0.4) is 0 Å². The zero-order valence-corrected chi connectivity index (χ0v) is 19.4. The molecule has 36 heavy (non-hydrogen) atoms. The molecule has 0 unspecified atom stereocenters. The zero-order valence-electron chi connectivity index (χ0n) is 19.4. The number of carbonyl (C=O) groups excluding carboxylic acids is 1. The Kier molecular flexibility index (Phi) is 8.12. The van der Waals surface area contributed by atoms with E-state index in [2.05, 4.69) is 4.98 Å².